The molecule has 4 heterocycles. The van der Waals surface area contributed by atoms with Gasteiger partial charge in [0.25, 0.3) is 0 Å². The van der Waals surface area contributed by atoms with Gasteiger partial charge in [0.2, 0.25) is 0 Å². The Morgan fingerprint density at radius 2 is 2.07 bits per heavy atom. The topological polar surface area (TPSA) is 83.8 Å². The number of hydrogen-bond donors (Lipinski definition) is 1. The first kappa shape index (κ1) is 18.4. The van der Waals surface area contributed by atoms with E-state index in [4.69, 9.17) is 10.5 Å². The summed E-state index contributed by atoms with van der Waals surface area (Å²) in [6, 6.07) is 8.47. The van der Waals surface area contributed by atoms with Crippen molar-refractivity contribution in [1.82, 2.24) is 24.5 Å². The van der Waals surface area contributed by atoms with E-state index in [9.17, 15) is 4.39 Å². The summed E-state index contributed by atoms with van der Waals surface area (Å²) >= 11 is 0. The molecule has 0 aliphatic carbocycles. The van der Waals surface area contributed by atoms with Gasteiger partial charge in [0.15, 0.2) is 11.6 Å². The molecule has 1 atom stereocenters. The normalized spacial score (nSPS) is 15.2. The molecule has 0 fully saturated rings. The molecular formula is C22H21FN6O. The summed E-state index contributed by atoms with van der Waals surface area (Å²) in [6.45, 7) is 4.62. The van der Waals surface area contributed by atoms with Crippen LogP contribution in [-0.4, -0.2) is 24.5 Å². The predicted octanol–water partition coefficient (Wildman–Crippen LogP) is 3.92. The maximum absolute atomic E-state index is 14.1. The number of benzene rings is 1. The van der Waals surface area contributed by atoms with E-state index in [0.29, 0.717) is 24.3 Å². The highest BCUT2D eigenvalue weighted by molar-refractivity contribution is 5.67. The molecule has 0 saturated carbocycles. The number of halogens is 1. The third-order valence-electron chi connectivity index (χ3n) is 5.42. The highest BCUT2D eigenvalue weighted by atomic mass is 19.1. The van der Waals surface area contributed by atoms with E-state index in [1.165, 1.54) is 12.1 Å². The van der Waals surface area contributed by atoms with Crippen LogP contribution < -0.4 is 10.5 Å². The molecule has 3 aromatic heterocycles. The van der Waals surface area contributed by atoms with Crippen LogP contribution in [0.15, 0.2) is 48.9 Å². The predicted molar refractivity (Wildman–Crippen MR) is 111 cm³/mol. The maximum atomic E-state index is 14.1. The third-order valence-corrected chi connectivity index (χ3v) is 5.42. The monoisotopic (exact) mass is 404 g/mol. The van der Waals surface area contributed by atoms with E-state index in [-0.39, 0.29) is 11.6 Å². The zero-order valence-electron chi connectivity index (χ0n) is 16.7. The quantitative estimate of drug-likeness (QED) is 0.520. The molecule has 4 aromatic rings. The Labute approximate surface area is 172 Å². The number of hydrogen-bond acceptors (Lipinski definition) is 5. The molecule has 7 nitrogen and oxygen atoms in total. The van der Waals surface area contributed by atoms with E-state index in [1.807, 2.05) is 41.5 Å². The number of ether oxygens (including phenoxy) is 1. The van der Waals surface area contributed by atoms with Gasteiger partial charge in [-0.3, -0.25) is 4.68 Å². The Bertz CT molecular complexity index is 1240. The summed E-state index contributed by atoms with van der Waals surface area (Å²) in [6.07, 6.45) is 5.49. The van der Waals surface area contributed by atoms with Crippen molar-refractivity contribution in [2.24, 2.45) is 0 Å². The first-order valence-corrected chi connectivity index (χ1v) is 9.85. The van der Waals surface area contributed by atoms with Gasteiger partial charge in [-0.15, -0.1) is 0 Å². The fraction of sp³-hybridized carbons (Fsp3) is 0.227. The Kier molecular flexibility index (Phi) is 4.27. The van der Waals surface area contributed by atoms with E-state index < -0.39 is 6.10 Å². The number of nitrogens with two attached hydrogens (primary N) is 1. The lowest BCUT2D eigenvalue weighted by Crippen LogP contribution is -2.13. The average Bonchev–Trinajstić information content (AvgIpc) is 3.36. The van der Waals surface area contributed by atoms with Crippen molar-refractivity contribution < 1.29 is 9.13 Å². The van der Waals surface area contributed by atoms with Crippen LogP contribution in [0, 0.1) is 5.82 Å². The zero-order valence-corrected chi connectivity index (χ0v) is 16.7. The molecule has 2 N–H and O–H groups in total. The lowest BCUT2D eigenvalue weighted by molar-refractivity contribution is 0.226. The second kappa shape index (κ2) is 6.98. The van der Waals surface area contributed by atoms with Gasteiger partial charge in [-0.05, 0) is 44.2 Å². The Balaban J connectivity index is 1.79. The second-order valence-corrected chi connectivity index (χ2v) is 7.32. The van der Waals surface area contributed by atoms with Crippen LogP contribution in [0.1, 0.15) is 36.8 Å². The molecule has 0 unspecified atom stereocenters. The lowest BCUT2D eigenvalue weighted by atomic mass is 10.0. The summed E-state index contributed by atoms with van der Waals surface area (Å²) < 4.78 is 24.1. The van der Waals surface area contributed by atoms with Gasteiger partial charge in [0, 0.05) is 47.7 Å². The van der Waals surface area contributed by atoms with Gasteiger partial charge in [-0.25, -0.2) is 14.1 Å². The molecule has 5 rings (SSSR count). The minimum Gasteiger partial charge on any atom is -0.482 e. The number of aromatic nitrogens is 5. The van der Waals surface area contributed by atoms with E-state index in [2.05, 4.69) is 15.2 Å². The van der Waals surface area contributed by atoms with Crippen molar-refractivity contribution in [3.8, 4) is 22.7 Å². The van der Waals surface area contributed by atoms with Crippen molar-refractivity contribution in [2.45, 2.75) is 32.9 Å². The van der Waals surface area contributed by atoms with Crippen LogP contribution in [-0.2, 0) is 13.0 Å². The number of rotatable bonds is 1. The van der Waals surface area contributed by atoms with Crippen molar-refractivity contribution in [3.05, 3.63) is 71.6 Å². The van der Waals surface area contributed by atoms with E-state index in [1.54, 1.807) is 18.5 Å². The summed E-state index contributed by atoms with van der Waals surface area (Å²) in [7, 11) is 0. The molecule has 2 bridgehead atoms. The number of nitrogen functional groups attached to an aromatic ring is 1. The van der Waals surface area contributed by atoms with Crippen LogP contribution >= 0.6 is 0 Å². The van der Waals surface area contributed by atoms with Gasteiger partial charge in [-0.1, -0.05) is 0 Å². The molecule has 30 heavy (non-hydrogen) atoms. The van der Waals surface area contributed by atoms with Crippen molar-refractivity contribution >= 4 is 5.82 Å². The van der Waals surface area contributed by atoms with Crippen molar-refractivity contribution in [3.63, 3.8) is 0 Å². The summed E-state index contributed by atoms with van der Waals surface area (Å²) in [4.78, 5) is 4.34. The lowest BCUT2D eigenvalue weighted by Gasteiger charge is -2.21. The third kappa shape index (κ3) is 2.92. The maximum Gasteiger partial charge on any atom is 0.166 e. The number of anilines is 1. The van der Waals surface area contributed by atoms with Gasteiger partial charge < -0.3 is 10.5 Å². The van der Waals surface area contributed by atoms with Gasteiger partial charge in [0.1, 0.15) is 11.9 Å². The smallest absolute Gasteiger partial charge is 0.166 e. The Morgan fingerprint density at radius 3 is 2.90 bits per heavy atom. The molecular weight excluding hydrogens is 383 g/mol. The SMILES string of the molecule is CCn1ncc2c1-c1cnc(N)c(c1)O[C@@H](C)c1cc(F)ccc1-n1nccc1C2. The van der Waals surface area contributed by atoms with Crippen LogP contribution in [0.3, 0.4) is 0 Å². The van der Waals surface area contributed by atoms with Crippen LogP contribution in [0.2, 0.25) is 0 Å². The minimum atomic E-state index is -0.470. The second-order valence-electron chi connectivity index (χ2n) is 7.32. The molecule has 1 aromatic carbocycles. The first-order valence-electron chi connectivity index (χ1n) is 9.85. The summed E-state index contributed by atoms with van der Waals surface area (Å²) in [5, 5.41) is 9.06. The van der Waals surface area contributed by atoms with Crippen molar-refractivity contribution in [1.29, 1.82) is 0 Å². The van der Waals surface area contributed by atoms with Crippen molar-refractivity contribution in [2.75, 3.05) is 5.73 Å². The summed E-state index contributed by atoms with van der Waals surface area (Å²) in [5.41, 5.74) is 11.4. The molecule has 1 aliphatic rings. The molecule has 0 saturated heterocycles. The van der Waals surface area contributed by atoms with E-state index >= 15 is 0 Å². The van der Waals surface area contributed by atoms with Crippen LogP contribution in [0.25, 0.3) is 16.9 Å². The van der Waals surface area contributed by atoms with Crippen LogP contribution in [0.5, 0.6) is 5.75 Å². The molecule has 0 spiro atoms. The minimum absolute atomic E-state index is 0.282. The summed E-state index contributed by atoms with van der Waals surface area (Å²) in [5.74, 6) is 0.395. The molecule has 1 aliphatic heterocycles. The fourth-order valence-electron chi connectivity index (χ4n) is 3.98. The Hall–Kier alpha value is -3.68. The van der Waals surface area contributed by atoms with Gasteiger partial charge >= 0.3 is 0 Å². The number of nitrogens with zero attached hydrogens (tertiary/aromatic N) is 5. The van der Waals surface area contributed by atoms with Gasteiger partial charge in [-0.2, -0.15) is 10.2 Å². The number of fused-ring (bicyclic) bond motifs is 7. The molecule has 0 radical (unpaired) electrons. The molecule has 0 amide bonds. The zero-order chi connectivity index (χ0) is 20.8. The standard InChI is InChI=1S/C22H21FN6O/c1-3-28-21-14(12-27-28)8-17-6-7-26-29(17)19-5-4-16(23)10-18(19)13(2)30-20-9-15(21)11-25-22(20)24/h4-7,9-13H,3,8H2,1-2H3,(H2,24,25)/t13-/m0/s1. The number of pyridine rings is 1. The Morgan fingerprint density at radius 1 is 1.20 bits per heavy atom. The molecule has 8 heteroatoms. The highest BCUT2D eigenvalue weighted by Crippen LogP contribution is 2.35. The largest absolute Gasteiger partial charge is 0.482 e. The highest BCUT2D eigenvalue weighted by Gasteiger charge is 2.22. The number of aryl methyl sites for hydroxylation is 1. The van der Waals surface area contributed by atoms with Gasteiger partial charge in [0.05, 0.1) is 17.6 Å². The average molecular weight is 404 g/mol. The molecule has 152 valence electrons. The van der Waals surface area contributed by atoms with E-state index in [0.717, 1.165) is 28.2 Å². The van der Waals surface area contributed by atoms with Crippen LogP contribution in [0.4, 0.5) is 10.2 Å². The fourth-order valence-corrected chi connectivity index (χ4v) is 3.98. The first-order chi connectivity index (χ1) is 14.5.